The number of nitrogens with zero attached hydrogens (tertiary/aromatic N) is 5. The molecule has 1 N–H and O–H groups in total. The molecule has 0 amide bonds. The van der Waals surface area contributed by atoms with Gasteiger partial charge in [0, 0.05) is 33.2 Å². The number of ether oxygens (including phenoxy) is 1. The number of aromatic amines is 1. The molecule has 34 heavy (non-hydrogen) atoms. The Bertz CT molecular complexity index is 1330. The number of likely N-dealkylation sites (N-methyl/N-ethyl adjacent to an activating group) is 1. The molecule has 10 nitrogen and oxygen atoms in total. The van der Waals surface area contributed by atoms with Crippen LogP contribution in [0.25, 0.3) is 22.4 Å². The Hall–Kier alpha value is -2.28. The van der Waals surface area contributed by atoms with Crippen molar-refractivity contribution in [3.8, 4) is 17.1 Å². The third-order valence-corrected chi connectivity index (χ3v) is 7.75. The third kappa shape index (κ3) is 4.90. The number of halogens is 1. The molecule has 0 aliphatic carbocycles. The fourth-order valence-corrected chi connectivity index (χ4v) is 5.54. The maximum absolute atomic E-state index is 13.3. The second-order valence-corrected chi connectivity index (χ2v) is 10.2. The quantitative estimate of drug-likeness (QED) is 0.476. The van der Waals surface area contributed by atoms with Gasteiger partial charge in [0.25, 0.3) is 5.56 Å². The van der Waals surface area contributed by atoms with Gasteiger partial charge in [-0.05, 0) is 38.6 Å². The van der Waals surface area contributed by atoms with Crippen LogP contribution < -0.4 is 10.3 Å². The summed E-state index contributed by atoms with van der Waals surface area (Å²) in [6.07, 6.45) is 1.54. The summed E-state index contributed by atoms with van der Waals surface area (Å²) in [4.78, 5) is 22.7. The lowest BCUT2D eigenvalue weighted by atomic mass is 10.1. The molecule has 1 fully saturated rings. The first-order valence-corrected chi connectivity index (χ1v) is 12.6. The molecule has 0 atom stereocenters. The van der Waals surface area contributed by atoms with Gasteiger partial charge >= 0.3 is 0 Å². The van der Waals surface area contributed by atoms with E-state index in [9.17, 15) is 13.2 Å². The Morgan fingerprint density at radius 3 is 2.47 bits per heavy atom. The summed E-state index contributed by atoms with van der Waals surface area (Å²) in [5, 5.41) is 4.45. The number of H-pyrrole nitrogens is 1. The molecule has 1 aliphatic heterocycles. The van der Waals surface area contributed by atoms with Gasteiger partial charge in [-0.1, -0.05) is 13.3 Å². The zero-order chi connectivity index (χ0) is 23.8. The van der Waals surface area contributed by atoms with E-state index in [1.54, 1.807) is 25.2 Å². The standard InChI is InChI=1S/C22H30N6O4S.BrH/c1-5-7-17-19-20(27(4)25-17)22(29)24-21(23-19)16-14-15(8-9-18(16)32-6-2)33(30,31)28-12-10-26(3)11-13-28;/h8-9,14H,5-7,10-13H2,1-4H3,(H,23,24,29);1H. The van der Waals surface area contributed by atoms with Crippen molar-refractivity contribution in [3.63, 3.8) is 0 Å². The van der Waals surface area contributed by atoms with E-state index in [0.717, 1.165) is 12.1 Å². The van der Waals surface area contributed by atoms with Gasteiger partial charge in [-0.3, -0.25) is 9.48 Å². The molecular formula is C22H31BrN6O4S. The van der Waals surface area contributed by atoms with E-state index in [1.807, 2.05) is 20.9 Å². The molecule has 0 bridgehead atoms. The molecule has 12 heteroatoms. The number of benzene rings is 1. The first kappa shape index (κ1) is 26.3. The lowest BCUT2D eigenvalue weighted by Crippen LogP contribution is -2.47. The number of aromatic nitrogens is 4. The predicted molar refractivity (Wildman–Crippen MR) is 136 cm³/mol. The Morgan fingerprint density at radius 1 is 1.12 bits per heavy atom. The maximum atomic E-state index is 13.3. The lowest BCUT2D eigenvalue weighted by molar-refractivity contribution is 0.222. The van der Waals surface area contributed by atoms with E-state index in [-0.39, 0.29) is 33.3 Å². The van der Waals surface area contributed by atoms with Crippen molar-refractivity contribution in [2.45, 2.75) is 31.6 Å². The minimum absolute atomic E-state index is 0. The number of aryl methyl sites for hydroxylation is 2. The Morgan fingerprint density at radius 2 is 1.82 bits per heavy atom. The molecule has 4 rings (SSSR count). The number of hydrogen-bond donors (Lipinski definition) is 1. The molecule has 3 heterocycles. The maximum Gasteiger partial charge on any atom is 0.277 e. The molecule has 0 unspecified atom stereocenters. The van der Waals surface area contributed by atoms with Crippen molar-refractivity contribution < 1.29 is 13.2 Å². The van der Waals surface area contributed by atoms with E-state index >= 15 is 0 Å². The van der Waals surface area contributed by atoms with Gasteiger partial charge in [-0.2, -0.15) is 9.40 Å². The van der Waals surface area contributed by atoms with Crippen LogP contribution in [0.5, 0.6) is 5.75 Å². The monoisotopic (exact) mass is 554 g/mol. The second kappa shape index (κ2) is 10.5. The summed E-state index contributed by atoms with van der Waals surface area (Å²) < 4.78 is 35.4. The highest BCUT2D eigenvalue weighted by Crippen LogP contribution is 2.32. The molecule has 186 valence electrons. The molecule has 1 aliphatic rings. The van der Waals surface area contributed by atoms with Gasteiger partial charge in [-0.15, -0.1) is 17.0 Å². The average Bonchev–Trinajstić information content (AvgIpc) is 3.10. The molecule has 0 saturated carbocycles. The first-order valence-electron chi connectivity index (χ1n) is 11.2. The number of hydrogen-bond acceptors (Lipinski definition) is 7. The number of piperazine rings is 1. The van der Waals surface area contributed by atoms with Crippen molar-refractivity contribution in [1.29, 1.82) is 0 Å². The van der Waals surface area contributed by atoms with Crippen LogP contribution >= 0.6 is 17.0 Å². The lowest BCUT2D eigenvalue weighted by Gasteiger charge is -2.31. The number of sulfonamides is 1. The summed E-state index contributed by atoms with van der Waals surface area (Å²) in [6, 6.07) is 4.71. The van der Waals surface area contributed by atoms with Crippen molar-refractivity contribution >= 4 is 38.0 Å². The van der Waals surface area contributed by atoms with E-state index in [2.05, 4.69) is 15.0 Å². The van der Waals surface area contributed by atoms with Gasteiger partial charge in [-0.25, -0.2) is 13.4 Å². The molecule has 1 saturated heterocycles. The summed E-state index contributed by atoms with van der Waals surface area (Å²) in [6.45, 7) is 6.48. The van der Waals surface area contributed by atoms with Crippen LogP contribution in [0.3, 0.4) is 0 Å². The predicted octanol–water partition coefficient (Wildman–Crippen LogP) is 2.19. The van der Waals surface area contributed by atoms with Crippen molar-refractivity contribution in [2.75, 3.05) is 39.8 Å². The van der Waals surface area contributed by atoms with Crippen LogP contribution in [0.1, 0.15) is 26.0 Å². The summed E-state index contributed by atoms with van der Waals surface area (Å²) in [7, 11) is -0.00831. The Kier molecular flexibility index (Phi) is 8.17. The zero-order valence-electron chi connectivity index (χ0n) is 19.9. The molecule has 0 radical (unpaired) electrons. The van der Waals surface area contributed by atoms with Gasteiger partial charge in [0.1, 0.15) is 17.1 Å². The molecule has 3 aromatic rings. The molecular weight excluding hydrogens is 524 g/mol. The minimum atomic E-state index is -3.70. The van der Waals surface area contributed by atoms with Crippen LogP contribution in [-0.4, -0.2) is 77.2 Å². The molecule has 0 spiro atoms. The molecule has 2 aromatic heterocycles. The molecule has 1 aromatic carbocycles. The van der Waals surface area contributed by atoms with Crippen molar-refractivity contribution in [1.82, 2.24) is 29.0 Å². The fraction of sp³-hybridized carbons (Fsp3) is 0.500. The Labute approximate surface area is 209 Å². The first-order chi connectivity index (χ1) is 15.8. The van der Waals surface area contributed by atoms with Gasteiger partial charge in [0.2, 0.25) is 10.0 Å². The second-order valence-electron chi connectivity index (χ2n) is 8.23. The topological polar surface area (TPSA) is 113 Å². The average molecular weight is 555 g/mol. The van der Waals surface area contributed by atoms with Crippen LogP contribution in [0, 0.1) is 0 Å². The van der Waals surface area contributed by atoms with Crippen LogP contribution in [-0.2, 0) is 23.5 Å². The van der Waals surface area contributed by atoms with E-state index in [0.29, 0.717) is 61.6 Å². The van der Waals surface area contributed by atoms with Crippen LogP contribution in [0.4, 0.5) is 0 Å². The highest BCUT2D eigenvalue weighted by atomic mass is 79.9. The summed E-state index contributed by atoms with van der Waals surface area (Å²) in [5.74, 6) is 0.718. The largest absolute Gasteiger partial charge is 0.493 e. The van der Waals surface area contributed by atoms with E-state index in [4.69, 9.17) is 9.72 Å². The number of rotatable bonds is 7. The van der Waals surface area contributed by atoms with Crippen molar-refractivity contribution in [2.24, 2.45) is 7.05 Å². The number of nitrogens with one attached hydrogen (secondary N) is 1. The van der Waals surface area contributed by atoms with Gasteiger partial charge in [0.05, 0.1) is 22.8 Å². The van der Waals surface area contributed by atoms with Gasteiger partial charge < -0.3 is 14.6 Å². The van der Waals surface area contributed by atoms with Crippen LogP contribution in [0.15, 0.2) is 27.9 Å². The summed E-state index contributed by atoms with van der Waals surface area (Å²) in [5.41, 5.74) is 1.75. The minimum Gasteiger partial charge on any atom is -0.493 e. The normalized spacial score (nSPS) is 15.4. The van der Waals surface area contributed by atoms with E-state index in [1.165, 1.54) is 8.99 Å². The third-order valence-electron chi connectivity index (χ3n) is 5.86. The SMILES string of the molecule is Br.CCCc1nn(C)c2c(=O)[nH]c(-c3cc(S(=O)(=O)N4CCN(C)CC4)ccc3OCC)nc12. The van der Waals surface area contributed by atoms with E-state index < -0.39 is 10.0 Å². The van der Waals surface area contributed by atoms with Gasteiger partial charge in [0.15, 0.2) is 5.52 Å². The highest BCUT2D eigenvalue weighted by molar-refractivity contribution is 8.93. The highest BCUT2D eigenvalue weighted by Gasteiger charge is 2.29. The zero-order valence-corrected chi connectivity index (χ0v) is 22.4. The van der Waals surface area contributed by atoms with Crippen LogP contribution in [0.2, 0.25) is 0 Å². The fourth-order valence-electron chi connectivity index (χ4n) is 4.09. The summed E-state index contributed by atoms with van der Waals surface area (Å²) >= 11 is 0. The smallest absolute Gasteiger partial charge is 0.277 e. The number of fused-ring (bicyclic) bond motifs is 1. The Balaban J connectivity index is 0.00000324. The van der Waals surface area contributed by atoms with Crippen molar-refractivity contribution in [3.05, 3.63) is 34.2 Å².